The van der Waals surface area contributed by atoms with Gasteiger partial charge in [-0.15, -0.1) is 6.42 Å². The number of hydrogen-bond donors (Lipinski definition) is 1. The fourth-order valence-corrected chi connectivity index (χ4v) is 12.6. The highest BCUT2D eigenvalue weighted by Crippen LogP contribution is 2.73. The average molecular weight is 611 g/mol. The first kappa shape index (κ1) is 31.6. The first-order valence-corrected chi connectivity index (χ1v) is 17.5. The van der Waals surface area contributed by atoms with Gasteiger partial charge in [0.2, 0.25) is 0 Å². The van der Waals surface area contributed by atoms with E-state index in [4.69, 9.17) is 30.1 Å². The van der Waals surface area contributed by atoms with Crippen molar-refractivity contribution in [1.29, 1.82) is 0 Å². The third-order valence-electron chi connectivity index (χ3n) is 14.6. The van der Waals surface area contributed by atoms with E-state index in [0.29, 0.717) is 24.4 Å². The Kier molecular flexibility index (Phi) is 7.05. The Morgan fingerprint density at radius 3 is 2.30 bits per heavy atom. The van der Waals surface area contributed by atoms with E-state index < -0.39 is 23.1 Å². The van der Waals surface area contributed by atoms with E-state index in [0.717, 1.165) is 32.3 Å². The van der Waals surface area contributed by atoms with Gasteiger partial charge >= 0.3 is 0 Å². The molecule has 0 bridgehead atoms. The Balaban J connectivity index is 1.29. The lowest BCUT2D eigenvalue weighted by Crippen LogP contribution is -2.74. The minimum atomic E-state index is -0.786. The zero-order valence-corrected chi connectivity index (χ0v) is 28.8. The van der Waals surface area contributed by atoms with Crippen LogP contribution in [0, 0.1) is 63.1 Å². The second-order valence-corrected chi connectivity index (χ2v) is 18.3. The third kappa shape index (κ3) is 4.21. The standard InChI is InChI=1S/C38H58O6/c1-11-18-40-22-38-25-20-32(2,3)30(39)31(38)44-34(6,7)43-29(38)19-24-23(25)12-13-26-35(24,8)16-14-27-36(26,9)17-15-28-37(27,10)21-41-33(4,5)42-28/h1,12,24-31,39H,13-22H2,2-10H3/t24?,25?,26?,27?,28-,29+,30-,31-,35-,36+,37+,38-/m0/s1. The number of hydrogen-bond acceptors (Lipinski definition) is 6. The summed E-state index contributed by atoms with van der Waals surface area (Å²) in [5.41, 5.74) is 1.24. The molecular weight excluding hydrogens is 552 g/mol. The van der Waals surface area contributed by atoms with E-state index in [1.165, 1.54) is 19.3 Å². The van der Waals surface area contributed by atoms with Crippen molar-refractivity contribution in [2.45, 2.75) is 143 Å². The zero-order valence-electron chi connectivity index (χ0n) is 28.8. The van der Waals surface area contributed by atoms with Crippen molar-refractivity contribution in [2.75, 3.05) is 19.8 Å². The molecule has 5 aliphatic carbocycles. The van der Waals surface area contributed by atoms with Gasteiger partial charge in [0.25, 0.3) is 0 Å². The summed E-state index contributed by atoms with van der Waals surface area (Å²) in [7, 11) is 0. The van der Waals surface area contributed by atoms with Crippen molar-refractivity contribution < 1.29 is 28.8 Å². The summed E-state index contributed by atoms with van der Waals surface area (Å²) in [5, 5.41) is 11.9. The summed E-state index contributed by atoms with van der Waals surface area (Å²) in [6.45, 7) is 21.8. The van der Waals surface area contributed by atoms with Crippen LogP contribution < -0.4 is 0 Å². The molecule has 44 heavy (non-hydrogen) atoms. The quantitative estimate of drug-likeness (QED) is 0.213. The van der Waals surface area contributed by atoms with Crippen molar-refractivity contribution in [1.82, 2.24) is 0 Å². The second-order valence-electron chi connectivity index (χ2n) is 18.3. The highest BCUT2D eigenvalue weighted by molar-refractivity contribution is 5.33. The molecule has 0 aromatic rings. The largest absolute Gasteiger partial charge is 0.390 e. The van der Waals surface area contributed by atoms with Gasteiger partial charge < -0.3 is 28.8 Å². The zero-order chi connectivity index (χ0) is 31.7. The molecule has 12 atom stereocenters. The average Bonchev–Trinajstić information content (AvgIpc) is 2.92. The Labute approximate surface area is 266 Å². The fourth-order valence-electron chi connectivity index (χ4n) is 12.6. The van der Waals surface area contributed by atoms with E-state index in [1.807, 2.05) is 13.8 Å². The van der Waals surface area contributed by atoms with Gasteiger partial charge in [-0.1, -0.05) is 52.2 Å². The summed E-state index contributed by atoms with van der Waals surface area (Å²) in [6, 6.07) is 0. The minimum Gasteiger partial charge on any atom is -0.390 e. The van der Waals surface area contributed by atoms with Crippen molar-refractivity contribution in [3.05, 3.63) is 11.6 Å². The fraction of sp³-hybridized carbons (Fsp3) is 0.895. The SMILES string of the molecule is C#CCOC[C@@]12C3CC(C)(C)[C@@H](O)[C@@H]1OC(C)(C)O[C@@H]2CC1C3=CCC2[C@@]1(C)CCC1[C@]2(C)CC[C@@H]2OC(C)(C)OC[C@]12C. The highest BCUT2D eigenvalue weighted by Gasteiger charge is 2.72. The molecule has 0 amide bonds. The second kappa shape index (κ2) is 9.80. The van der Waals surface area contributed by atoms with Crippen molar-refractivity contribution >= 4 is 0 Å². The van der Waals surface area contributed by atoms with Crippen LogP contribution in [0.3, 0.4) is 0 Å². The monoisotopic (exact) mass is 610 g/mol. The van der Waals surface area contributed by atoms with Gasteiger partial charge in [-0.05, 0) is 113 Å². The first-order chi connectivity index (χ1) is 20.4. The molecule has 2 aliphatic heterocycles. The molecule has 7 aliphatic rings. The van der Waals surface area contributed by atoms with E-state index >= 15 is 0 Å². The predicted molar refractivity (Wildman–Crippen MR) is 169 cm³/mol. The van der Waals surface area contributed by atoms with Crippen LogP contribution in [0.15, 0.2) is 11.6 Å². The smallest absolute Gasteiger partial charge is 0.163 e. The Morgan fingerprint density at radius 1 is 0.864 bits per heavy atom. The minimum absolute atomic E-state index is 0.0362. The van der Waals surface area contributed by atoms with Crippen LogP contribution in [0.5, 0.6) is 0 Å². The van der Waals surface area contributed by atoms with Crippen LogP contribution >= 0.6 is 0 Å². The molecule has 0 spiro atoms. The number of aliphatic hydroxyl groups is 1. The molecule has 1 N–H and O–H groups in total. The van der Waals surface area contributed by atoms with Gasteiger partial charge in [-0.3, -0.25) is 0 Å². The lowest BCUT2D eigenvalue weighted by molar-refractivity contribution is -0.400. The van der Waals surface area contributed by atoms with Crippen LogP contribution in [-0.2, 0) is 23.7 Å². The number of fused-ring (bicyclic) bond motifs is 8. The molecule has 6 heteroatoms. The predicted octanol–water partition coefficient (Wildman–Crippen LogP) is 6.89. The van der Waals surface area contributed by atoms with Gasteiger partial charge in [0.05, 0.1) is 43.0 Å². The molecule has 4 unspecified atom stereocenters. The molecule has 7 rings (SSSR count). The maximum Gasteiger partial charge on any atom is 0.163 e. The highest BCUT2D eigenvalue weighted by atomic mass is 16.7. The van der Waals surface area contributed by atoms with E-state index in [9.17, 15) is 5.11 Å². The summed E-state index contributed by atoms with van der Waals surface area (Å²) in [4.78, 5) is 0. The molecule has 0 aromatic carbocycles. The lowest BCUT2D eigenvalue weighted by Gasteiger charge is -2.72. The number of rotatable bonds is 3. The van der Waals surface area contributed by atoms with Crippen molar-refractivity contribution in [3.63, 3.8) is 0 Å². The molecule has 246 valence electrons. The van der Waals surface area contributed by atoms with Gasteiger partial charge in [0.15, 0.2) is 11.6 Å². The van der Waals surface area contributed by atoms with Crippen LogP contribution in [0.4, 0.5) is 0 Å². The molecule has 2 heterocycles. The van der Waals surface area contributed by atoms with E-state index in [1.54, 1.807) is 5.57 Å². The maximum atomic E-state index is 11.9. The summed E-state index contributed by atoms with van der Waals surface area (Å²) in [6.07, 6.45) is 15.1. The molecule has 0 radical (unpaired) electrons. The Morgan fingerprint density at radius 2 is 1.57 bits per heavy atom. The van der Waals surface area contributed by atoms with Crippen molar-refractivity contribution in [2.24, 2.45) is 50.7 Å². The number of aliphatic hydroxyl groups excluding tert-OH is 1. The van der Waals surface area contributed by atoms with Gasteiger partial charge in [-0.25, -0.2) is 0 Å². The summed E-state index contributed by atoms with van der Waals surface area (Å²) < 4.78 is 32.9. The Hall–Kier alpha value is -0.940. The molecule has 0 aromatic heterocycles. The molecular formula is C38H58O6. The molecule has 6 nitrogen and oxygen atoms in total. The van der Waals surface area contributed by atoms with Crippen LogP contribution in [0.25, 0.3) is 0 Å². The molecule has 2 saturated heterocycles. The van der Waals surface area contributed by atoms with Crippen LogP contribution in [0.2, 0.25) is 0 Å². The number of terminal acetylenes is 1. The lowest BCUT2D eigenvalue weighted by atomic mass is 9.36. The van der Waals surface area contributed by atoms with E-state index in [2.05, 4.69) is 60.5 Å². The summed E-state index contributed by atoms with van der Waals surface area (Å²) >= 11 is 0. The topological polar surface area (TPSA) is 66.4 Å². The van der Waals surface area contributed by atoms with Gasteiger partial charge in [0.1, 0.15) is 6.61 Å². The van der Waals surface area contributed by atoms with Crippen LogP contribution in [-0.4, -0.2) is 60.9 Å². The maximum absolute atomic E-state index is 11.9. The summed E-state index contributed by atoms with van der Waals surface area (Å²) in [5.74, 6) is 3.18. The van der Waals surface area contributed by atoms with Crippen LogP contribution in [0.1, 0.15) is 107 Å². The molecule has 4 saturated carbocycles. The van der Waals surface area contributed by atoms with Gasteiger partial charge in [-0.2, -0.15) is 0 Å². The third-order valence-corrected chi connectivity index (χ3v) is 14.6. The van der Waals surface area contributed by atoms with Crippen molar-refractivity contribution in [3.8, 4) is 12.3 Å². The molecule has 6 fully saturated rings. The van der Waals surface area contributed by atoms with E-state index in [-0.39, 0.29) is 52.5 Å². The van der Waals surface area contributed by atoms with Gasteiger partial charge in [0, 0.05) is 5.41 Å². The number of allylic oxidation sites excluding steroid dienone is 2. The first-order valence-electron chi connectivity index (χ1n) is 17.5. The Bertz CT molecular complexity index is 1250. The normalized spacial score (nSPS) is 53.0. The number of ether oxygens (including phenoxy) is 5.